The number of carbonyl (C=O) groups is 1. The summed E-state index contributed by atoms with van der Waals surface area (Å²) in [4.78, 5) is 11.1. The lowest BCUT2D eigenvalue weighted by atomic mass is 10.1. The normalized spacial score (nSPS) is 9.85. The summed E-state index contributed by atoms with van der Waals surface area (Å²) in [7, 11) is 1.27. The highest BCUT2D eigenvalue weighted by Crippen LogP contribution is 2.20. The molecule has 0 heterocycles. The third-order valence-corrected chi connectivity index (χ3v) is 2.28. The standard InChI is InChI=1S/C9H8BrFO2/c1-5-3-7(10)8(11)4-6(5)9(12)13-2/h3-4H,1-2H3. The molecule has 0 aliphatic heterocycles. The number of methoxy groups -OCH3 is 1. The maximum Gasteiger partial charge on any atom is 0.338 e. The molecule has 0 atom stereocenters. The monoisotopic (exact) mass is 246 g/mol. The van der Waals surface area contributed by atoms with Gasteiger partial charge in [0.1, 0.15) is 5.82 Å². The van der Waals surface area contributed by atoms with Crippen molar-refractivity contribution in [1.29, 1.82) is 0 Å². The molecule has 0 aromatic heterocycles. The molecule has 0 N–H and O–H groups in total. The molecule has 0 fully saturated rings. The average Bonchev–Trinajstić information content (AvgIpc) is 2.10. The Balaban J connectivity index is 3.23. The van der Waals surface area contributed by atoms with Crippen LogP contribution in [0, 0.1) is 12.7 Å². The minimum atomic E-state index is -0.524. The van der Waals surface area contributed by atoms with Gasteiger partial charge in [-0.05, 0) is 40.5 Å². The number of hydrogen-bond acceptors (Lipinski definition) is 2. The van der Waals surface area contributed by atoms with E-state index in [0.717, 1.165) is 6.07 Å². The lowest BCUT2D eigenvalue weighted by Crippen LogP contribution is -2.04. The molecule has 0 bridgehead atoms. The van der Waals surface area contributed by atoms with Gasteiger partial charge in [-0.15, -0.1) is 0 Å². The van der Waals surface area contributed by atoms with E-state index in [1.807, 2.05) is 0 Å². The van der Waals surface area contributed by atoms with Crippen molar-refractivity contribution in [3.63, 3.8) is 0 Å². The molecule has 0 unspecified atom stereocenters. The zero-order chi connectivity index (χ0) is 10.0. The van der Waals surface area contributed by atoms with Crippen molar-refractivity contribution >= 4 is 21.9 Å². The molecule has 0 spiro atoms. The maximum absolute atomic E-state index is 13.0. The predicted octanol–water partition coefficient (Wildman–Crippen LogP) is 2.68. The summed E-state index contributed by atoms with van der Waals surface area (Å²) >= 11 is 3.02. The zero-order valence-electron chi connectivity index (χ0n) is 7.23. The number of esters is 1. The Morgan fingerprint density at radius 3 is 2.69 bits per heavy atom. The van der Waals surface area contributed by atoms with Gasteiger partial charge in [0.2, 0.25) is 0 Å². The average molecular weight is 247 g/mol. The molecule has 13 heavy (non-hydrogen) atoms. The summed E-state index contributed by atoms with van der Waals surface area (Å²) in [6.07, 6.45) is 0. The Labute approximate surface area is 83.8 Å². The van der Waals surface area contributed by atoms with Gasteiger partial charge in [-0.1, -0.05) is 0 Å². The lowest BCUT2D eigenvalue weighted by Gasteiger charge is -2.04. The topological polar surface area (TPSA) is 26.3 Å². The van der Waals surface area contributed by atoms with Gasteiger partial charge in [-0.3, -0.25) is 0 Å². The first-order chi connectivity index (χ1) is 6.06. The molecule has 0 saturated heterocycles. The van der Waals surface area contributed by atoms with Gasteiger partial charge in [-0.25, -0.2) is 9.18 Å². The summed E-state index contributed by atoms with van der Waals surface area (Å²) in [5, 5.41) is 0. The second-order valence-electron chi connectivity index (χ2n) is 2.57. The van der Waals surface area contributed by atoms with Crippen LogP contribution in [0.5, 0.6) is 0 Å². The number of benzene rings is 1. The van der Waals surface area contributed by atoms with Crippen LogP contribution >= 0.6 is 15.9 Å². The van der Waals surface area contributed by atoms with Crippen LogP contribution in [-0.2, 0) is 4.74 Å². The van der Waals surface area contributed by atoms with E-state index in [1.165, 1.54) is 7.11 Å². The number of carbonyl (C=O) groups excluding carboxylic acids is 1. The lowest BCUT2D eigenvalue weighted by molar-refractivity contribution is 0.0599. The highest BCUT2D eigenvalue weighted by atomic mass is 79.9. The Morgan fingerprint density at radius 2 is 2.15 bits per heavy atom. The third kappa shape index (κ3) is 2.06. The van der Waals surface area contributed by atoms with E-state index in [9.17, 15) is 9.18 Å². The van der Waals surface area contributed by atoms with Crippen LogP contribution in [0.3, 0.4) is 0 Å². The molecule has 0 amide bonds. The Morgan fingerprint density at radius 1 is 1.54 bits per heavy atom. The van der Waals surface area contributed by atoms with Crippen LogP contribution < -0.4 is 0 Å². The van der Waals surface area contributed by atoms with Gasteiger partial charge >= 0.3 is 5.97 Å². The second-order valence-corrected chi connectivity index (χ2v) is 3.43. The first-order valence-electron chi connectivity index (χ1n) is 3.60. The molecule has 1 rings (SSSR count). The maximum atomic E-state index is 13.0. The Hall–Kier alpha value is -0.900. The summed E-state index contributed by atoms with van der Waals surface area (Å²) in [6, 6.07) is 2.70. The molecule has 0 aliphatic carbocycles. The van der Waals surface area contributed by atoms with Gasteiger partial charge in [0.25, 0.3) is 0 Å². The molecule has 2 nitrogen and oxygen atoms in total. The van der Waals surface area contributed by atoms with E-state index in [0.29, 0.717) is 10.0 Å². The number of aryl methyl sites for hydroxylation is 1. The van der Waals surface area contributed by atoms with Crippen molar-refractivity contribution in [2.45, 2.75) is 6.92 Å². The zero-order valence-corrected chi connectivity index (χ0v) is 8.81. The van der Waals surface area contributed by atoms with Gasteiger partial charge in [0.05, 0.1) is 17.1 Å². The third-order valence-electron chi connectivity index (χ3n) is 1.67. The van der Waals surface area contributed by atoms with Crippen molar-refractivity contribution in [2.75, 3.05) is 7.11 Å². The van der Waals surface area contributed by atoms with Gasteiger partial charge in [-0.2, -0.15) is 0 Å². The molecular formula is C9H8BrFO2. The van der Waals surface area contributed by atoms with E-state index in [-0.39, 0.29) is 5.56 Å². The van der Waals surface area contributed by atoms with Crippen LogP contribution in [-0.4, -0.2) is 13.1 Å². The van der Waals surface area contributed by atoms with Crippen LogP contribution in [0.15, 0.2) is 16.6 Å². The minimum Gasteiger partial charge on any atom is -0.465 e. The fourth-order valence-electron chi connectivity index (χ4n) is 0.976. The highest BCUT2D eigenvalue weighted by Gasteiger charge is 2.12. The number of halogens is 2. The van der Waals surface area contributed by atoms with Crippen molar-refractivity contribution in [2.24, 2.45) is 0 Å². The SMILES string of the molecule is COC(=O)c1cc(F)c(Br)cc1C. The number of rotatable bonds is 1. The van der Waals surface area contributed by atoms with Gasteiger partial charge < -0.3 is 4.74 Å². The summed E-state index contributed by atoms with van der Waals surface area (Å²) in [6.45, 7) is 1.72. The molecule has 1 aromatic rings. The smallest absolute Gasteiger partial charge is 0.338 e. The minimum absolute atomic E-state index is 0.253. The summed E-state index contributed by atoms with van der Waals surface area (Å²) < 4.78 is 17.8. The van der Waals surface area contributed by atoms with Crippen molar-refractivity contribution in [3.05, 3.63) is 33.5 Å². The highest BCUT2D eigenvalue weighted by molar-refractivity contribution is 9.10. The summed E-state index contributed by atoms with van der Waals surface area (Å²) in [5.41, 5.74) is 0.934. The molecule has 0 radical (unpaired) electrons. The van der Waals surface area contributed by atoms with Gasteiger partial charge in [0.15, 0.2) is 0 Å². The Bertz CT molecular complexity index is 350. The van der Waals surface area contributed by atoms with Crippen molar-refractivity contribution in [3.8, 4) is 0 Å². The van der Waals surface area contributed by atoms with Crippen LogP contribution in [0.1, 0.15) is 15.9 Å². The fraction of sp³-hybridized carbons (Fsp3) is 0.222. The van der Waals surface area contributed by atoms with Crippen molar-refractivity contribution in [1.82, 2.24) is 0 Å². The van der Waals surface area contributed by atoms with E-state index in [2.05, 4.69) is 20.7 Å². The van der Waals surface area contributed by atoms with Crippen LogP contribution in [0.4, 0.5) is 4.39 Å². The van der Waals surface area contributed by atoms with E-state index >= 15 is 0 Å². The number of ether oxygens (including phenoxy) is 1. The molecular weight excluding hydrogens is 239 g/mol. The van der Waals surface area contributed by atoms with Gasteiger partial charge in [0, 0.05) is 0 Å². The first kappa shape index (κ1) is 10.2. The molecule has 70 valence electrons. The molecule has 0 aliphatic rings. The summed E-state index contributed by atoms with van der Waals surface area (Å²) in [5.74, 6) is -0.991. The van der Waals surface area contributed by atoms with Crippen molar-refractivity contribution < 1.29 is 13.9 Å². The van der Waals surface area contributed by atoms with E-state index in [1.54, 1.807) is 13.0 Å². The van der Waals surface area contributed by atoms with Crippen LogP contribution in [0.25, 0.3) is 0 Å². The van der Waals surface area contributed by atoms with E-state index in [4.69, 9.17) is 0 Å². The molecule has 4 heteroatoms. The molecule has 0 saturated carbocycles. The quantitative estimate of drug-likeness (QED) is 0.713. The fourth-order valence-corrected chi connectivity index (χ4v) is 1.43. The molecule has 1 aromatic carbocycles. The van der Waals surface area contributed by atoms with Crippen LogP contribution in [0.2, 0.25) is 0 Å². The first-order valence-corrected chi connectivity index (χ1v) is 4.39. The number of hydrogen-bond donors (Lipinski definition) is 0. The van der Waals surface area contributed by atoms with E-state index < -0.39 is 11.8 Å². The second kappa shape index (κ2) is 3.87. The predicted molar refractivity (Wildman–Crippen MR) is 50.2 cm³/mol. The largest absolute Gasteiger partial charge is 0.465 e. The Kier molecular flexibility index (Phi) is 3.03.